The maximum Gasteiger partial charge on any atom is 0.340 e. The highest BCUT2D eigenvalue weighted by molar-refractivity contribution is 9.10. The van der Waals surface area contributed by atoms with Crippen molar-refractivity contribution in [2.45, 2.75) is 26.4 Å². The molecule has 0 radical (unpaired) electrons. The first kappa shape index (κ1) is 25.4. The van der Waals surface area contributed by atoms with Crippen LogP contribution in [0.1, 0.15) is 41.5 Å². The monoisotopic (exact) mass is 562 g/mol. The fourth-order valence-electron chi connectivity index (χ4n) is 1.73. The fraction of sp³-hybridized carbons (Fsp3) is 0.222. The van der Waals surface area contributed by atoms with E-state index in [0.29, 0.717) is 6.07 Å². The van der Waals surface area contributed by atoms with Gasteiger partial charge in [-0.05, 0) is 70.8 Å². The SMILES string of the molecule is CC(C)(C)OC(=O)c1cc(Br)c(F)c(F)c1Cl.O=C(O)c1cc(F)c(F)c(Br)c1. The first-order valence-electron chi connectivity index (χ1n) is 7.60. The van der Waals surface area contributed by atoms with Gasteiger partial charge in [-0.15, -0.1) is 0 Å². The summed E-state index contributed by atoms with van der Waals surface area (Å²) in [5, 5.41) is 7.83. The molecule has 0 saturated carbocycles. The van der Waals surface area contributed by atoms with Crippen molar-refractivity contribution in [1.82, 2.24) is 0 Å². The summed E-state index contributed by atoms with van der Waals surface area (Å²) in [6, 6.07) is 2.72. The van der Waals surface area contributed by atoms with Gasteiger partial charge < -0.3 is 9.84 Å². The molecule has 0 fully saturated rings. The Balaban J connectivity index is 0.000000308. The summed E-state index contributed by atoms with van der Waals surface area (Å²) >= 11 is 11.0. The number of carbonyl (C=O) groups is 2. The number of hydrogen-bond donors (Lipinski definition) is 1. The van der Waals surface area contributed by atoms with E-state index in [2.05, 4.69) is 31.9 Å². The third-order valence-electron chi connectivity index (χ3n) is 2.95. The predicted octanol–water partition coefficient (Wildman–Crippen LogP) is 6.76. The molecule has 0 aliphatic rings. The highest BCUT2D eigenvalue weighted by Crippen LogP contribution is 2.30. The lowest BCUT2D eigenvalue weighted by Crippen LogP contribution is -2.24. The molecule has 0 unspecified atom stereocenters. The molecule has 0 aliphatic heterocycles. The summed E-state index contributed by atoms with van der Waals surface area (Å²) < 4.78 is 56.2. The third-order valence-corrected chi connectivity index (χ3v) is 4.48. The standard InChI is InChI=1S/C11H10BrClF2O2.C7H3BrF2O2/c1-11(2,3)17-10(16)5-4-6(12)8(14)9(15)7(5)13;8-4-1-3(7(11)12)2-5(9)6(4)10/h4H,1-3H3;1-2H,(H,11,12). The first-order chi connectivity index (χ1) is 13.2. The molecule has 0 heterocycles. The van der Waals surface area contributed by atoms with E-state index in [9.17, 15) is 27.2 Å². The fourth-order valence-corrected chi connectivity index (χ4v) is 2.79. The van der Waals surface area contributed by atoms with Crippen molar-refractivity contribution in [3.05, 3.63) is 66.6 Å². The molecule has 0 aliphatic carbocycles. The minimum atomic E-state index is -1.30. The quantitative estimate of drug-likeness (QED) is 0.190. The summed E-state index contributed by atoms with van der Waals surface area (Å²) in [7, 11) is 0. The van der Waals surface area contributed by atoms with E-state index < -0.39 is 45.8 Å². The molecule has 0 spiro atoms. The number of carboxylic acid groups (broad SMARTS) is 1. The Kier molecular flexibility index (Phi) is 8.67. The average molecular weight is 565 g/mol. The Morgan fingerprint density at radius 1 is 0.966 bits per heavy atom. The van der Waals surface area contributed by atoms with Crippen LogP contribution in [-0.4, -0.2) is 22.6 Å². The second kappa shape index (κ2) is 9.90. The van der Waals surface area contributed by atoms with Gasteiger partial charge in [0.2, 0.25) is 0 Å². The number of carboxylic acids is 1. The maximum absolute atomic E-state index is 13.3. The molecule has 29 heavy (non-hydrogen) atoms. The number of rotatable bonds is 2. The average Bonchev–Trinajstić information content (AvgIpc) is 2.59. The van der Waals surface area contributed by atoms with Crippen molar-refractivity contribution in [3.8, 4) is 0 Å². The van der Waals surface area contributed by atoms with Crippen LogP contribution in [0.3, 0.4) is 0 Å². The topological polar surface area (TPSA) is 63.6 Å². The van der Waals surface area contributed by atoms with Crippen LogP contribution < -0.4 is 0 Å². The van der Waals surface area contributed by atoms with E-state index in [1.165, 1.54) is 0 Å². The van der Waals surface area contributed by atoms with Crippen molar-refractivity contribution >= 4 is 55.4 Å². The largest absolute Gasteiger partial charge is 0.478 e. The molecule has 0 atom stereocenters. The minimum Gasteiger partial charge on any atom is -0.478 e. The number of ether oxygens (including phenoxy) is 1. The van der Waals surface area contributed by atoms with E-state index in [1.54, 1.807) is 20.8 Å². The Hall–Kier alpha value is -1.65. The molecule has 0 amide bonds. The Labute approximate surface area is 185 Å². The lowest BCUT2D eigenvalue weighted by molar-refractivity contribution is 0.00688. The van der Waals surface area contributed by atoms with Crippen LogP contribution in [0, 0.1) is 23.3 Å². The number of benzene rings is 2. The van der Waals surface area contributed by atoms with Gasteiger partial charge in [-0.2, -0.15) is 0 Å². The zero-order valence-electron chi connectivity index (χ0n) is 15.0. The first-order valence-corrected chi connectivity index (χ1v) is 9.56. The number of halogens is 7. The smallest absolute Gasteiger partial charge is 0.340 e. The number of carbonyl (C=O) groups excluding carboxylic acids is 1. The van der Waals surface area contributed by atoms with Crippen LogP contribution >= 0.6 is 43.5 Å². The van der Waals surface area contributed by atoms with Gasteiger partial charge in [-0.25, -0.2) is 27.2 Å². The zero-order chi connectivity index (χ0) is 22.7. The van der Waals surface area contributed by atoms with Crippen molar-refractivity contribution in [3.63, 3.8) is 0 Å². The molecule has 0 bridgehead atoms. The predicted molar refractivity (Wildman–Crippen MR) is 105 cm³/mol. The Morgan fingerprint density at radius 2 is 1.48 bits per heavy atom. The number of hydrogen-bond acceptors (Lipinski definition) is 3. The van der Waals surface area contributed by atoms with Gasteiger partial charge >= 0.3 is 11.9 Å². The number of esters is 1. The summed E-state index contributed by atoms with van der Waals surface area (Å²) in [6.07, 6.45) is 0. The van der Waals surface area contributed by atoms with Gasteiger partial charge in [0.05, 0.1) is 25.1 Å². The second-order valence-corrected chi connectivity index (χ2v) is 8.50. The number of aromatic carboxylic acids is 1. The van der Waals surface area contributed by atoms with Crippen molar-refractivity contribution in [2.75, 3.05) is 0 Å². The van der Waals surface area contributed by atoms with Crippen LogP contribution in [0.4, 0.5) is 17.6 Å². The van der Waals surface area contributed by atoms with Gasteiger partial charge in [-0.3, -0.25) is 0 Å². The van der Waals surface area contributed by atoms with Crippen LogP contribution in [-0.2, 0) is 4.74 Å². The van der Waals surface area contributed by atoms with Crippen LogP contribution in [0.25, 0.3) is 0 Å². The second-order valence-electron chi connectivity index (χ2n) is 6.41. The van der Waals surface area contributed by atoms with Gasteiger partial charge in [0.25, 0.3) is 0 Å². The normalized spacial score (nSPS) is 10.8. The minimum absolute atomic E-state index is 0.180. The summed E-state index contributed by atoms with van der Waals surface area (Å²) in [6.45, 7) is 4.98. The summed E-state index contributed by atoms with van der Waals surface area (Å²) in [5.74, 6) is -6.78. The lowest BCUT2D eigenvalue weighted by Gasteiger charge is -2.20. The highest BCUT2D eigenvalue weighted by atomic mass is 79.9. The van der Waals surface area contributed by atoms with Gasteiger partial charge in [0, 0.05) is 0 Å². The summed E-state index contributed by atoms with van der Waals surface area (Å²) in [4.78, 5) is 22.0. The molecule has 158 valence electrons. The van der Waals surface area contributed by atoms with E-state index in [-0.39, 0.29) is 20.1 Å². The van der Waals surface area contributed by atoms with E-state index in [4.69, 9.17) is 21.4 Å². The van der Waals surface area contributed by atoms with E-state index in [0.717, 1.165) is 12.1 Å². The van der Waals surface area contributed by atoms with Crippen LogP contribution in [0.5, 0.6) is 0 Å². The Morgan fingerprint density at radius 3 is 1.93 bits per heavy atom. The van der Waals surface area contributed by atoms with Crippen molar-refractivity contribution < 1.29 is 37.0 Å². The van der Waals surface area contributed by atoms with Crippen molar-refractivity contribution in [2.24, 2.45) is 0 Å². The molecule has 0 saturated heterocycles. The Bertz CT molecular complexity index is 939. The summed E-state index contributed by atoms with van der Waals surface area (Å²) in [5.41, 5.74) is -1.24. The third kappa shape index (κ3) is 6.97. The molecule has 2 aromatic carbocycles. The van der Waals surface area contributed by atoms with Gasteiger partial charge in [0.15, 0.2) is 23.3 Å². The zero-order valence-corrected chi connectivity index (χ0v) is 19.0. The van der Waals surface area contributed by atoms with Crippen molar-refractivity contribution in [1.29, 1.82) is 0 Å². The van der Waals surface area contributed by atoms with E-state index in [1.807, 2.05) is 0 Å². The van der Waals surface area contributed by atoms with Gasteiger partial charge in [0.1, 0.15) is 5.60 Å². The lowest BCUT2D eigenvalue weighted by atomic mass is 10.1. The van der Waals surface area contributed by atoms with Crippen LogP contribution in [0.2, 0.25) is 5.02 Å². The molecule has 2 rings (SSSR count). The van der Waals surface area contributed by atoms with E-state index >= 15 is 0 Å². The molecular weight excluding hydrogens is 551 g/mol. The highest BCUT2D eigenvalue weighted by Gasteiger charge is 2.24. The van der Waals surface area contributed by atoms with Crippen LogP contribution in [0.15, 0.2) is 27.1 Å². The molecule has 0 aromatic heterocycles. The van der Waals surface area contributed by atoms with Gasteiger partial charge in [-0.1, -0.05) is 11.6 Å². The molecule has 4 nitrogen and oxygen atoms in total. The maximum atomic E-state index is 13.3. The molecular formula is C18H13Br2ClF4O4. The molecule has 11 heteroatoms. The molecule has 1 N–H and O–H groups in total. The molecule has 2 aromatic rings.